The Hall–Kier alpha value is -2.38. The van der Waals surface area contributed by atoms with E-state index in [4.69, 9.17) is 5.26 Å². The minimum Gasteiger partial charge on any atom is -0.366 e. The van der Waals surface area contributed by atoms with Crippen LogP contribution in [-0.2, 0) is 13.1 Å². The van der Waals surface area contributed by atoms with Crippen LogP contribution in [-0.4, -0.2) is 23.0 Å². The van der Waals surface area contributed by atoms with Crippen LogP contribution < -0.4 is 5.32 Å². The summed E-state index contributed by atoms with van der Waals surface area (Å²) in [6, 6.07) is 14.4. The number of nitrogens with one attached hydrogen (secondary N) is 1. The summed E-state index contributed by atoms with van der Waals surface area (Å²) >= 11 is 0. The van der Waals surface area contributed by atoms with Gasteiger partial charge in [-0.15, -0.1) is 0 Å². The maximum Gasteiger partial charge on any atom is 0.126 e. The molecule has 0 radical (unpaired) electrons. The smallest absolute Gasteiger partial charge is 0.126 e. The number of pyridine rings is 1. The van der Waals surface area contributed by atoms with Crippen molar-refractivity contribution < 1.29 is 0 Å². The Morgan fingerprint density at radius 1 is 1.14 bits per heavy atom. The SMILES string of the molecule is N#Cc1ccc(NCc2cccc(CN3CCCC3)c2)nc1. The van der Waals surface area contributed by atoms with Gasteiger partial charge in [0.15, 0.2) is 0 Å². The third-order valence-electron chi connectivity index (χ3n) is 3.96. The van der Waals surface area contributed by atoms with Gasteiger partial charge in [0.25, 0.3) is 0 Å². The first-order chi connectivity index (χ1) is 10.8. The van der Waals surface area contributed by atoms with Gasteiger partial charge in [-0.3, -0.25) is 4.90 Å². The van der Waals surface area contributed by atoms with Gasteiger partial charge >= 0.3 is 0 Å². The Labute approximate surface area is 131 Å². The molecule has 0 bridgehead atoms. The van der Waals surface area contributed by atoms with Crippen molar-refractivity contribution in [2.45, 2.75) is 25.9 Å². The Morgan fingerprint density at radius 3 is 2.68 bits per heavy atom. The monoisotopic (exact) mass is 292 g/mol. The zero-order valence-electron chi connectivity index (χ0n) is 12.6. The Balaban J connectivity index is 1.58. The topological polar surface area (TPSA) is 52.0 Å². The molecule has 1 aromatic heterocycles. The van der Waals surface area contributed by atoms with Crippen molar-refractivity contribution in [2.75, 3.05) is 18.4 Å². The Bertz CT molecular complexity index is 652. The van der Waals surface area contributed by atoms with Gasteiger partial charge in [0.05, 0.1) is 5.56 Å². The van der Waals surface area contributed by atoms with Crippen molar-refractivity contribution in [3.8, 4) is 6.07 Å². The molecule has 0 aliphatic carbocycles. The Morgan fingerprint density at radius 2 is 1.95 bits per heavy atom. The van der Waals surface area contributed by atoms with Gasteiger partial charge in [0.2, 0.25) is 0 Å². The predicted octanol–water partition coefficient (Wildman–Crippen LogP) is 3.16. The van der Waals surface area contributed by atoms with E-state index in [1.165, 1.54) is 37.1 Å². The fraction of sp³-hybridized carbons (Fsp3) is 0.333. The maximum atomic E-state index is 8.77. The first-order valence-electron chi connectivity index (χ1n) is 7.74. The fourth-order valence-corrected chi connectivity index (χ4v) is 2.79. The van der Waals surface area contributed by atoms with Gasteiger partial charge in [0, 0.05) is 19.3 Å². The molecule has 0 unspecified atom stereocenters. The zero-order valence-corrected chi connectivity index (χ0v) is 12.6. The molecule has 1 aromatic carbocycles. The highest BCUT2D eigenvalue weighted by Gasteiger charge is 2.11. The van der Waals surface area contributed by atoms with Crippen LogP contribution in [0, 0.1) is 11.3 Å². The van der Waals surface area contributed by atoms with E-state index in [9.17, 15) is 0 Å². The number of hydrogen-bond acceptors (Lipinski definition) is 4. The highest BCUT2D eigenvalue weighted by Crippen LogP contribution is 2.14. The van der Waals surface area contributed by atoms with E-state index in [0.717, 1.165) is 18.9 Å². The third kappa shape index (κ3) is 3.84. The van der Waals surface area contributed by atoms with Crippen LogP contribution in [0.2, 0.25) is 0 Å². The minimum absolute atomic E-state index is 0.582. The average Bonchev–Trinajstić information content (AvgIpc) is 3.07. The molecule has 0 spiro atoms. The molecule has 1 N–H and O–H groups in total. The van der Waals surface area contributed by atoms with Crippen molar-refractivity contribution in [2.24, 2.45) is 0 Å². The number of hydrogen-bond donors (Lipinski definition) is 1. The van der Waals surface area contributed by atoms with E-state index >= 15 is 0 Å². The van der Waals surface area contributed by atoms with Crippen LogP contribution in [0.3, 0.4) is 0 Å². The fourth-order valence-electron chi connectivity index (χ4n) is 2.79. The molecule has 1 aliphatic rings. The number of benzene rings is 1. The summed E-state index contributed by atoms with van der Waals surface area (Å²) in [6.07, 6.45) is 4.24. The molecule has 0 amide bonds. The number of anilines is 1. The molecule has 112 valence electrons. The highest BCUT2D eigenvalue weighted by molar-refractivity contribution is 5.40. The molecule has 0 atom stereocenters. The summed E-state index contributed by atoms with van der Waals surface area (Å²) in [5.74, 6) is 0.795. The lowest BCUT2D eigenvalue weighted by Crippen LogP contribution is -2.18. The molecule has 3 rings (SSSR count). The molecular weight excluding hydrogens is 272 g/mol. The van der Waals surface area contributed by atoms with E-state index < -0.39 is 0 Å². The van der Waals surface area contributed by atoms with Crippen LogP contribution in [0.1, 0.15) is 29.5 Å². The van der Waals surface area contributed by atoms with Gasteiger partial charge < -0.3 is 5.32 Å². The highest BCUT2D eigenvalue weighted by atomic mass is 15.1. The van der Waals surface area contributed by atoms with Crippen LogP contribution >= 0.6 is 0 Å². The molecule has 2 heterocycles. The lowest BCUT2D eigenvalue weighted by Gasteiger charge is -2.15. The van der Waals surface area contributed by atoms with Crippen molar-refractivity contribution >= 4 is 5.82 Å². The molecule has 4 heteroatoms. The standard InChI is InChI=1S/C18H20N4/c19-11-17-6-7-18(21-13-17)20-12-15-4-3-5-16(10-15)14-22-8-1-2-9-22/h3-7,10,13H,1-2,8-9,12,14H2,(H,20,21). The number of nitriles is 1. The molecule has 1 fully saturated rings. The quantitative estimate of drug-likeness (QED) is 0.919. The second kappa shape index (κ2) is 7.06. The van der Waals surface area contributed by atoms with E-state index in [1.54, 1.807) is 12.3 Å². The lowest BCUT2D eigenvalue weighted by molar-refractivity contribution is 0.331. The molecule has 0 saturated carbocycles. The molecular formula is C18H20N4. The van der Waals surface area contributed by atoms with Crippen molar-refractivity contribution in [1.29, 1.82) is 5.26 Å². The van der Waals surface area contributed by atoms with Gasteiger partial charge in [-0.1, -0.05) is 24.3 Å². The van der Waals surface area contributed by atoms with Gasteiger partial charge in [-0.05, 0) is 49.2 Å². The minimum atomic E-state index is 0.582. The van der Waals surface area contributed by atoms with E-state index in [-0.39, 0.29) is 0 Å². The van der Waals surface area contributed by atoms with Gasteiger partial charge in [0.1, 0.15) is 11.9 Å². The summed E-state index contributed by atoms with van der Waals surface area (Å²) in [4.78, 5) is 6.74. The zero-order chi connectivity index (χ0) is 15.2. The van der Waals surface area contributed by atoms with Crippen molar-refractivity contribution in [1.82, 2.24) is 9.88 Å². The molecule has 1 saturated heterocycles. The second-order valence-corrected chi connectivity index (χ2v) is 5.70. The van der Waals surface area contributed by atoms with E-state index in [0.29, 0.717) is 5.56 Å². The predicted molar refractivity (Wildman–Crippen MR) is 87.2 cm³/mol. The van der Waals surface area contributed by atoms with E-state index in [1.807, 2.05) is 6.07 Å². The largest absolute Gasteiger partial charge is 0.366 e. The van der Waals surface area contributed by atoms with Crippen LogP contribution in [0.15, 0.2) is 42.6 Å². The summed E-state index contributed by atoms with van der Waals surface area (Å²) in [7, 11) is 0. The first kappa shape index (κ1) is 14.6. The summed E-state index contributed by atoms with van der Waals surface area (Å²) in [6.45, 7) is 4.23. The lowest BCUT2D eigenvalue weighted by atomic mass is 10.1. The normalized spacial score (nSPS) is 14.7. The van der Waals surface area contributed by atoms with Crippen LogP contribution in [0.4, 0.5) is 5.82 Å². The number of likely N-dealkylation sites (tertiary alicyclic amines) is 1. The van der Waals surface area contributed by atoms with Crippen molar-refractivity contribution in [3.05, 3.63) is 59.3 Å². The van der Waals surface area contributed by atoms with Crippen LogP contribution in [0.25, 0.3) is 0 Å². The second-order valence-electron chi connectivity index (χ2n) is 5.70. The molecule has 22 heavy (non-hydrogen) atoms. The van der Waals surface area contributed by atoms with Crippen molar-refractivity contribution in [3.63, 3.8) is 0 Å². The molecule has 2 aromatic rings. The molecule has 1 aliphatic heterocycles. The number of rotatable bonds is 5. The maximum absolute atomic E-state index is 8.77. The van der Waals surface area contributed by atoms with E-state index in [2.05, 4.69) is 45.5 Å². The van der Waals surface area contributed by atoms with Gasteiger partial charge in [-0.25, -0.2) is 4.98 Å². The number of nitrogens with zero attached hydrogens (tertiary/aromatic N) is 3. The summed E-state index contributed by atoms with van der Waals surface area (Å²) < 4.78 is 0. The number of aromatic nitrogens is 1. The van der Waals surface area contributed by atoms with Crippen LogP contribution in [0.5, 0.6) is 0 Å². The third-order valence-corrected chi connectivity index (χ3v) is 3.96. The molecule has 4 nitrogen and oxygen atoms in total. The summed E-state index contributed by atoms with van der Waals surface area (Å²) in [5, 5.41) is 12.1. The van der Waals surface area contributed by atoms with Gasteiger partial charge in [-0.2, -0.15) is 5.26 Å². The Kier molecular flexibility index (Phi) is 4.67. The summed E-state index contributed by atoms with van der Waals surface area (Å²) in [5.41, 5.74) is 3.20. The average molecular weight is 292 g/mol. The first-order valence-corrected chi connectivity index (χ1v) is 7.74.